The minimum atomic E-state index is 0.313. The van der Waals surface area contributed by atoms with Gasteiger partial charge >= 0.3 is 0 Å². The molecule has 4 nitrogen and oxygen atoms in total. The van der Waals surface area contributed by atoms with Crippen molar-refractivity contribution in [1.29, 1.82) is 0 Å². The number of amides is 1. The second-order valence-electron chi connectivity index (χ2n) is 5.76. The lowest BCUT2D eigenvalue weighted by molar-refractivity contribution is -0.105. The lowest BCUT2D eigenvalue weighted by Crippen LogP contribution is -2.06. The lowest BCUT2D eigenvalue weighted by atomic mass is 9.97. The molecule has 0 radical (unpaired) electrons. The summed E-state index contributed by atoms with van der Waals surface area (Å²) < 4.78 is 0. The van der Waals surface area contributed by atoms with Gasteiger partial charge in [-0.15, -0.1) is 0 Å². The summed E-state index contributed by atoms with van der Waals surface area (Å²) in [4.78, 5) is 19.4. The lowest BCUT2D eigenvalue weighted by Gasteiger charge is -2.13. The van der Waals surface area contributed by atoms with Crippen molar-refractivity contribution in [3.8, 4) is 0 Å². The summed E-state index contributed by atoms with van der Waals surface area (Å²) in [7, 11) is 0. The minimum absolute atomic E-state index is 0.313. The predicted octanol–water partition coefficient (Wildman–Crippen LogP) is 3.73. The molecule has 0 bridgehead atoms. The molecule has 1 atom stereocenters. The zero-order chi connectivity index (χ0) is 15.8. The van der Waals surface area contributed by atoms with Crippen LogP contribution in [0.2, 0.25) is 5.15 Å². The molecule has 1 aliphatic rings. The Morgan fingerprint density at radius 2 is 2.00 bits per heavy atom. The van der Waals surface area contributed by atoms with E-state index in [-0.39, 0.29) is 0 Å². The molecule has 0 saturated carbocycles. The van der Waals surface area contributed by atoms with Gasteiger partial charge in [-0.25, -0.2) is 9.97 Å². The first-order chi connectivity index (χ1) is 11.2. The fraction of sp³-hybridized carbons (Fsp3) is 0.167. The topological polar surface area (TPSA) is 54.9 Å². The summed E-state index contributed by atoms with van der Waals surface area (Å²) in [5.41, 5.74) is 4.62. The SMILES string of the molecule is O=CNc1ncccc1C1Cc2cc3ccc(Cl)nc3cc2C1. The Hall–Kier alpha value is -2.46. The number of hydrogen-bond donors (Lipinski definition) is 1. The van der Waals surface area contributed by atoms with Crippen LogP contribution in [0.25, 0.3) is 10.9 Å². The highest BCUT2D eigenvalue weighted by Crippen LogP contribution is 2.38. The van der Waals surface area contributed by atoms with E-state index in [1.54, 1.807) is 6.20 Å². The standard InChI is InChI=1S/C18H14ClN3O/c19-17-4-3-11-6-12-7-14(8-13(12)9-16(11)22-17)15-2-1-5-20-18(15)21-10-23/h1-6,9-10,14H,7-8H2,(H,20,21,23). The molecule has 0 fully saturated rings. The monoisotopic (exact) mass is 323 g/mol. The molecule has 2 aromatic heterocycles. The van der Waals surface area contributed by atoms with E-state index >= 15 is 0 Å². The van der Waals surface area contributed by atoms with Crippen LogP contribution in [0.4, 0.5) is 5.82 Å². The molecule has 3 aromatic rings. The number of rotatable bonds is 3. The third-order valence-electron chi connectivity index (χ3n) is 4.38. The van der Waals surface area contributed by atoms with Crippen LogP contribution < -0.4 is 5.32 Å². The fourth-order valence-corrected chi connectivity index (χ4v) is 3.52. The quantitative estimate of drug-likeness (QED) is 0.590. The number of nitrogens with one attached hydrogen (secondary N) is 1. The average Bonchev–Trinajstić information content (AvgIpc) is 2.96. The molecule has 5 heteroatoms. The van der Waals surface area contributed by atoms with Crippen LogP contribution in [0, 0.1) is 0 Å². The van der Waals surface area contributed by atoms with E-state index in [4.69, 9.17) is 11.6 Å². The minimum Gasteiger partial charge on any atom is -0.313 e. The van der Waals surface area contributed by atoms with Crippen LogP contribution in [-0.4, -0.2) is 16.4 Å². The van der Waals surface area contributed by atoms with Crippen molar-refractivity contribution in [2.24, 2.45) is 0 Å². The van der Waals surface area contributed by atoms with E-state index in [0.717, 1.165) is 29.3 Å². The number of nitrogens with zero attached hydrogens (tertiary/aromatic N) is 2. The maximum atomic E-state index is 10.8. The Bertz CT molecular complexity index is 910. The molecule has 1 amide bonds. The molecule has 23 heavy (non-hydrogen) atoms. The van der Waals surface area contributed by atoms with Gasteiger partial charge in [-0.05, 0) is 65.8 Å². The van der Waals surface area contributed by atoms with Gasteiger partial charge in [0.25, 0.3) is 0 Å². The molecular weight excluding hydrogens is 310 g/mol. The Morgan fingerprint density at radius 1 is 1.17 bits per heavy atom. The van der Waals surface area contributed by atoms with E-state index in [2.05, 4.69) is 27.4 Å². The number of aromatic nitrogens is 2. The summed E-state index contributed by atoms with van der Waals surface area (Å²) in [6, 6.07) is 12.1. The van der Waals surface area contributed by atoms with E-state index in [1.807, 2.05) is 24.3 Å². The summed E-state index contributed by atoms with van der Waals surface area (Å²) in [6.45, 7) is 0. The zero-order valence-corrected chi connectivity index (χ0v) is 13.0. The number of anilines is 1. The van der Waals surface area contributed by atoms with Gasteiger partial charge < -0.3 is 5.32 Å². The predicted molar refractivity (Wildman–Crippen MR) is 90.8 cm³/mol. The smallest absolute Gasteiger partial charge is 0.212 e. The highest BCUT2D eigenvalue weighted by atomic mass is 35.5. The average molecular weight is 324 g/mol. The number of carbonyl (C=O) groups is 1. The van der Waals surface area contributed by atoms with E-state index in [0.29, 0.717) is 23.3 Å². The van der Waals surface area contributed by atoms with Crippen molar-refractivity contribution in [1.82, 2.24) is 9.97 Å². The van der Waals surface area contributed by atoms with Crippen LogP contribution in [0.3, 0.4) is 0 Å². The summed E-state index contributed by atoms with van der Waals surface area (Å²) in [6.07, 6.45) is 4.22. The van der Waals surface area contributed by atoms with E-state index in [9.17, 15) is 4.79 Å². The maximum Gasteiger partial charge on any atom is 0.212 e. The number of benzene rings is 1. The molecule has 2 heterocycles. The molecule has 0 aliphatic heterocycles. The van der Waals surface area contributed by atoms with Crippen LogP contribution in [0.15, 0.2) is 42.6 Å². The van der Waals surface area contributed by atoms with Gasteiger partial charge in [0, 0.05) is 11.6 Å². The fourth-order valence-electron chi connectivity index (χ4n) is 3.36. The Labute approximate surface area is 138 Å². The number of fused-ring (bicyclic) bond motifs is 2. The highest BCUT2D eigenvalue weighted by Gasteiger charge is 2.25. The van der Waals surface area contributed by atoms with Crippen LogP contribution in [0.5, 0.6) is 0 Å². The first kappa shape index (κ1) is 14.2. The van der Waals surface area contributed by atoms with Gasteiger partial charge in [-0.3, -0.25) is 4.79 Å². The summed E-state index contributed by atoms with van der Waals surface area (Å²) in [5.74, 6) is 0.958. The van der Waals surface area contributed by atoms with Gasteiger partial charge in [0.15, 0.2) is 0 Å². The van der Waals surface area contributed by atoms with Crippen molar-refractivity contribution in [2.75, 3.05) is 5.32 Å². The molecule has 1 aromatic carbocycles. The van der Waals surface area contributed by atoms with Crippen molar-refractivity contribution in [2.45, 2.75) is 18.8 Å². The van der Waals surface area contributed by atoms with Crippen molar-refractivity contribution >= 4 is 34.7 Å². The Kier molecular flexibility index (Phi) is 3.46. The number of pyridine rings is 2. The van der Waals surface area contributed by atoms with Crippen LogP contribution >= 0.6 is 11.6 Å². The van der Waals surface area contributed by atoms with Crippen LogP contribution in [0.1, 0.15) is 22.6 Å². The number of halogens is 1. The molecule has 1 N–H and O–H groups in total. The third kappa shape index (κ3) is 2.55. The molecule has 1 unspecified atom stereocenters. The second kappa shape index (κ2) is 5.63. The normalized spacial score (nSPS) is 16.3. The first-order valence-corrected chi connectivity index (χ1v) is 7.85. The van der Waals surface area contributed by atoms with Gasteiger partial charge in [-0.1, -0.05) is 17.7 Å². The number of carbonyl (C=O) groups excluding carboxylic acids is 1. The zero-order valence-electron chi connectivity index (χ0n) is 12.3. The largest absolute Gasteiger partial charge is 0.313 e. The van der Waals surface area contributed by atoms with Gasteiger partial charge in [0.2, 0.25) is 6.41 Å². The number of hydrogen-bond acceptors (Lipinski definition) is 3. The molecule has 0 spiro atoms. The van der Waals surface area contributed by atoms with Gasteiger partial charge in [0.05, 0.1) is 5.52 Å². The van der Waals surface area contributed by atoms with Crippen molar-refractivity contribution in [3.63, 3.8) is 0 Å². The maximum absolute atomic E-state index is 10.8. The molecule has 0 saturated heterocycles. The highest BCUT2D eigenvalue weighted by molar-refractivity contribution is 6.29. The van der Waals surface area contributed by atoms with Crippen molar-refractivity contribution in [3.05, 3.63) is 64.4 Å². The molecule has 1 aliphatic carbocycles. The third-order valence-corrected chi connectivity index (χ3v) is 4.59. The Morgan fingerprint density at radius 3 is 2.83 bits per heavy atom. The molecule has 114 valence electrons. The van der Waals surface area contributed by atoms with Gasteiger partial charge in [-0.2, -0.15) is 0 Å². The molecular formula is C18H14ClN3O. The van der Waals surface area contributed by atoms with Crippen LogP contribution in [-0.2, 0) is 17.6 Å². The molecule has 4 rings (SSSR count). The summed E-state index contributed by atoms with van der Waals surface area (Å²) >= 11 is 5.99. The van der Waals surface area contributed by atoms with Crippen molar-refractivity contribution < 1.29 is 4.79 Å². The van der Waals surface area contributed by atoms with E-state index in [1.165, 1.54) is 11.1 Å². The second-order valence-corrected chi connectivity index (χ2v) is 6.14. The Balaban J connectivity index is 1.73. The van der Waals surface area contributed by atoms with Gasteiger partial charge in [0.1, 0.15) is 11.0 Å². The summed E-state index contributed by atoms with van der Waals surface area (Å²) in [5, 5.41) is 4.31. The van der Waals surface area contributed by atoms with E-state index < -0.39 is 0 Å². The first-order valence-electron chi connectivity index (χ1n) is 7.48.